The summed E-state index contributed by atoms with van der Waals surface area (Å²) in [6.45, 7) is 0. The third-order valence-corrected chi connectivity index (χ3v) is 2.74. The van der Waals surface area contributed by atoms with E-state index in [1.807, 2.05) is 0 Å². The molecule has 0 saturated heterocycles. The summed E-state index contributed by atoms with van der Waals surface area (Å²) in [6.07, 6.45) is 0. The molecule has 0 aliphatic carbocycles. The molecule has 0 aliphatic heterocycles. The fourth-order valence-corrected chi connectivity index (χ4v) is 1.90. The molecule has 2 rings (SSSR count). The molecule has 1 heterocycles. The van der Waals surface area contributed by atoms with Gasteiger partial charge in [0, 0.05) is 15.5 Å². The number of halogens is 1. The van der Waals surface area contributed by atoms with Crippen LogP contribution in [-0.4, -0.2) is 0 Å². The molecular formula is C9H6FNOS. The molecule has 1 aromatic carbocycles. The third kappa shape index (κ3) is 1.29. The van der Waals surface area contributed by atoms with Crippen LogP contribution in [0.2, 0.25) is 0 Å². The molecule has 4 heteroatoms. The number of hydrogen-bond donors (Lipinski definition) is 1. The van der Waals surface area contributed by atoms with Crippen LogP contribution in [0.4, 0.5) is 10.1 Å². The Kier molecular flexibility index (Phi) is 1.77. The first kappa shape index (κ1) is 8.19. The van der Waals surface area contributed by atoms with Crippen molar-refractivity contribution in [2.45, 2.75) is 0 Å². The monoisotopic (exact) mass is 195 g/mol. The number of nitrogen functional groups attached to an aromatic ring is 1. The first-order chi connectivity index (χ1) is 6.18. The predicted octanol–water partition coefficient (Wildman–Crippen LogP) is 1.98. The zero-order valence-corrected chi connectivity index (χ0v) is 7.40. The number of nitrogens with two attached hydrogens (primary N) is 1. The molecule has 0 spiro atoms. The molecule has 0 fully saturated rings. The molecule has 0 bridgehead atoms. The second-order valence-corrected chi connectivity index (χ2v) is 3.57. The van der Waals surface area contributed by atoms with Crippen LogP contribution < -0.4 is 11.2 Å². The van der Waals surface area contributed by atoms with E-state index in [1.54, 1.807) is 11.4 Å². The third-order valence-electron chi connectivity index (χ3n) is 1.76. The van der Waals surface area contributed by atoms with Crippen molar-refractivity contribution in [3.63, 3.8) is 0 Å². The maximum atomic E-state index is 12.8. The van der Waals surface area contributed by atoms with Crippen LogP contribution in [0.5, 0.6) is 0 Å². The van der Waals surface area contributed by atoms with Gasteiger partial charge < -0.3 is 5.73 Å². The van der Waals surface area contributed by atoms with Crippen LogP contribution in [0.1, 0.15) is 0 Å². The lowest BCUT2D eigenvalue weighted by molar-refractivity contribution is 0.630. The SMILES string of the molecule is Nc1csc2ccc(F)cc2c1=O. The van der Waals surface area contributed by atoms with E-state index < -0.39 is 5.82 Å². The zero-order chi connectivity index (χ0) is 9.42. The standard InChI is InChI=1S/C9H6FNOS/c10-5-1-2-8-6(3-5)9(12)7(11)4-13-8/h1-4H,11H2. The van der Waals surface area contributed by atoms with Gasteiger partial charge in [0.1, 0.15) is 5.82 Å². The minimum atomic E-state index is -0.414. The van der Waals surface area contributed by atoms with Gasteiger partial charge in [-0.3, -0.25) is 4.79 Å². The lowest BCUT2D eigenvalue weighted by atomic mass is 10.2. The summed E-state index contributed by atoms with van der Waals surface area (Å²) in [5, 5.41) is 1.92. The van der Waals surface area contributed by atoms with E-state index in [9.17, 15) is 9.18 Å². The van der Waals surface area contributed by atoms with Gasteiger partial charge in [0.2, 0.25) is 5.43 Å². The highest BCUT2D eigenvalue weighted by Gasteiger charge is 2.02. The molecular weight excluding hydrogens is 189 g/mol. The molecule has 0 aliphatic rings. The second-order valence-electron chi connectivity index (χ2n) is 2.66. The normalized spacial score (nSPS) is 10.5. The topological polar surface area (TPSA) is 43.1 Å². The van der Waals surface area contributed by atoms with Crippen LogP contribution >= 0.6 is 11.3 Å². The fourth-order valence-electron chi connectivity index (χ4n) is 1.12. The summed E-state index contributed by atoms with van der Waals surface area (Å²) in [4.78, 5) is 11.4. The van der Waals surface area contributed by atoms with Crippen molar-refractivity contribution in [1.82, 2.24) is 0 Å². The average Bonchev–Trinajstić information content (AvgIpc) is 2.12. The quantitative estimate of drug-likeness (QED) is 0.698. The van der Waals surface area contributed by atoms with Gasteiger partial charge in [0.15, 0.2) is 0 Å². The first-order valence-electron chi connectivity index (χ1n) is 3.65. The van der Waals surface area contributed by atoms with Crippen molar-refractivity contribution < 1.29 is 4.39 Å². The van der Waals surface area contributed by atoms with Crippen molar-refractivity contribution in [1.29, 1.82) is 0 Å². The predicted molar refractivity (Wildman–Crippen MR) is 52.5 cm³/mol. The highest BCUT2D eigenvalue weighted by Crippen LogP contribution is 2.18. The van der Waals surface area contributed by atoms with Crippen molar-refractivity contribution in [3.8, 4) is 0 Å². The van der Waals surface area contributed by atoms with Crippen molar-refractivity contribution in [2.24, 2.45) is 0 Å². The van der Waals surface area contributed by atoms with Crippen molar-refractivity contribution >= 4 is 27.1 Å². The smallest absolute Gasteiger partial charge is 0.210 e. The minimum Gasteiger partial charge on any atom is -0.395 e. The summed E-state index contributed by atoms with van der Waals surface area (Å²) in [5.41, 5.74) is 5.28. The lowest BCUT2D eigenvalue weighted by Crippen LogP contribution is -2.06. The number of fused-ring (bicyclic) bond motifs is 1. The molecule has 0 amide bonds. The van der Waals surface area contributed by atoms with E-state index in [2.05, 4.69) is 0 Å². The van der Waals surface area contributed by atoms with E-state index in [0.29, 0.717) is 5.39 Å². The van der Waals surface area contributed by atoms with Crippen molar-refractivity contribution in [3.05, 3.63) is 39.6 Å². The number of benzene rings is 1. The van der Waals surface area contributed by atoms with Crippen LogP contribution in [0.25, 0.3) is 10.1 Å². The van der Waals surface area contributed by atoms with Crippen LogP contribution in [0.15, 0.2) is 28.4 Å². The molecule has 1 aromatic heterocycles. The van der Waals surface area contributed by atoms with Gasteiger partial charge in [-0.25, -0.2) is 4.39 Å². The molecule has 0 saturated carbocycles. The summed E-state index contributed by atoms with van der Waals surface area (Å²) < 4.78 is 13.5. The first-order valence-corrected chi connectivity index (χ1v) is 4.53. The zero-order valence-electron chi connectivity index (χ0n) is 6.58. The summed E-state index contributed by atoms with van der Waals surface area (Å²) in [7, 11) is 0. The highest BCUT2D eigenvalue weighted by atomic mass is 32.1. The Morgan fingerprint density at radius 3 is 2.92 bits per heavy atom. The van der Waals surface area contributed by atoms with Gasteiger partial charge in [-0.1, -0.05) is 0 Å². The molecule has 0 radical (unpaired) electrons. The molecule has 66 valence electrons. The van der Waals surface area contributed by atoms with E-state index in [1.165, 1.54) is 23.5 Å². The minimum absolute atomic E-state index is 0.170. The van der Waals surface area contributed by atoms with E-state index >= 15 is 0 Å². The van der Waals surface area contributed by atoms with E-state index in [-0.39, 0.29) is 11.1 Å². The average molecular weight is 195 g/mol. The Labute approximate surface area is 77.4 Å². The van der Waals surface area contributed by atoms with E-state index in [0.717, 1.165) is 4.70 Å². The molecule has 0 unspecified atom stereocenters. The van der Waals surface area contributed by atoms with Gasteiger partial charge in [-0.05, 0) is 18.2 Å². The van der Waals surface area contributed by atoms with Gasteiger partial charge in [0.05, 0.1) is 5.69 Å². The van der Waals surface area contributed by atoms with Gasteiger partial charge in [0.25, 0.3) is 0 Å². The van der Waals surface area contributed by atoms with E-state index in [4.69, 9.17) is 5.73 Å². The Morgan fingerprint density at radius 2 is 2.15 bits per heavy atom. The maximum absolute atomic E-state index is 12.8. The molecule has 0 atom stereocenters. The molecule has 2 aromatic rings. The number of hydrogen-bond acceptors (Lipinski definition) is 3. The van der Waals surface area contributed by atoms with Crippen LogP contribution in [0.3, 0.4) is 0 Å². The fraction of sp³-hybridized carbons (Fsp3) is 0. The number of anilines is 1. The van der Waals surface area contributed by atoms with Gasteiger partial charge in [-0.15, -0.1) is 11.3 Å². The summed E-state index contributed by atoms with van der Waals surface area (Å²) in [5.74, 6) is -0.414. The Morgan fingerprint density at radius 1 is 1.38 bits per heavy atom. The summed E-state index contributed by atoms with van der Waals surface area (Å²) in [6, 6.07) is 4.12. The van der Waals surface area contributed by atoms with Crippen LogP contribution in [0, 0.1) is 5.82 Å². The summed E-state index contributed by atoms with van der Waals surface area (Å²) >= 11 is 1.33. The van der Waals surface area contributed by atoms with Gasteiger partial charge >= 0.3 is 0 Å². The highest BCUT2D eigenvalue weighted by molar-refractivity contribution is 7.16. The molecule has 2 nitrogen and oxygen atoms in total. The maximum Gasteiger partial charge on any atom is 0.210 e. The number of rotatable bonds is 0. The Hall–Kier alpha value is -1.42. The Bertz CT molecular complexity index is 515. The van der Waals surface area contributed by atoms with Crippen molar-refractivity contribution in [2.75, 3.05) is 5.73 Å². The lowest BCUT2D eigenvalue weighted by Gasteiger charge is -1.96. The molecule has 2 N–H and O–H groups in total. The Balaban J connectivity index is 2.97. The van der Waals surface area contributed by atoms with Gasteiger partial charge in [-0.2, -0.15) is 0 Å². The van der Waals surface area contributed by atoms with Crippen LogP contribution in [-0.2, 0) is 0 Å². The molecule has 13 heavy (non-hydrogen) atoms. The largest absolute Gasteiger partial charge is 0.395 e. The second kappa shape index (κ2) is 2.81.